The van der Waals surface area contributed by atoms with Crippen LogP contribution in [-0.2, 0) is 23.8 Å². The van der Waals surface area contributed by atoms with Gasteiger partial charge in [-0.2, -0.15) is 0 Å². The molecular weight excluding hydrogens is 508 g/mol. The van der Waals surface area contributed by atoms with Gasteiger partial charge < -0.3 is 44.5 Å². The number of aldehydes is 1. The Hall–Kier alpha value is -1.40. The van der Waals surface area contributed by atoms with E-state index in [4.69, 9.17) is 14.2 Å². The molecule has 6 aliphatic rings. The van der Waals surface area contributed by atoms with Crippen LogP contribution in [0.2, 0.25) is 0 Å². The number of aliphatic hydroxyl groups is 5. The van der Waals surface area contributed by atoms with E-state index >= 15 is 0 Å². The molecule has 4 aliphatic carbocycles. The van der Waals surface area contributed by atoms with Gasteiger partial charge in [-0.05, 0) is 81.6 Å². The summed E-state index contributed by atoms with van der Waals surface area (Å²) in [6.45, 7) is 3.87. The van der Waals surface area contributed by atoms with E-state index in [0.717, 1.165) is 11.9 Å². The molecule has 0 aromatic heterocycles. The maximum absolute atomic E-state index is 13.0. The number of aliphatic hydroxyl groups excluding tert-OH is 4. The van der Waals surface area contributed by atoms with Crippen LogP contribution in [0.4, 0.5) is 0 Å². The van der Waals surface area contributed by atoms with Crippen molar-refractivity contribution in [2.45, 2.75) is 114 Å². The van der Waals surface area contributed by atoms with E-state index in [1.807, 2.05) is 6.92 Å². The van der Waals surface area contributed by atoms with Gasteiger partial charge in [-0.25, -0.2) is 4.79 Å². The normalized spacial score (nSPS) is 55.2. The van der Waals surface area contributed by atoms with Gasteiger partial charge in [0.2, 0.25) is 0 Å². The molecule has 0 aromatic carbocycles. The van der Waals surface area contributed by atoms with Gasteiger partial charge in [0.1, 0.15) is 31.2 Å². The average molecular weight is 551 g/mol. The summed E-state index contributed by atoms with van der Waals surface area (Å²) in [6, 6.07) is 0. The van der Waals surface area contributed by atoms with E-state index in [9.17, 15) is 35.1 Å². The van der Waals surface area contributed by atoms with E-state index in [-0.39, 0.29) is 42.4 Å². The van der Waals surface area contributed by atoms with E-state index < -0.39 is 53.2 Å². The quantitative estimate of drug-likeness (QED) is 0.190. The summed E-state index contributed by atoms with van der Waals surface area (Å²) in [7, 11) is 0. The number of ether oxygens (including phenoxy) is 3. The zero-order valence-electron chi connectivity index (χ0n) is 22.6. The van der Waals surface area contributed by atoms with Crippen molar-refractivity contribution in [1.29, 1.82) is 0 Å². The van der Waals surface area contributed by atoms with Crippen LogP contribution in [0.1, 0.15) is 65.2 Å². The average Bonchev–Trinajstić information content (AvgIpc) is 3.45. The smallest absolute Gasteiger partial charge is 0.331 e. The third-order valence-electron chi connectivity index (χ3n) is 11.8. The summed E-state index contributed by atoms with van der Waals surface area (Å²) >= 11 is 0. The molecular formula is C29H42O10. The molecule has 14 atom stereocenters. The van der Waals surface area contributed by atoms with Crippen LogP contribution in [0.15, 0.2) is 11.6 Å². The lowest BCUT2D eigenvalue weighted by atomic mass is 9.42. The van der Waals surface area contributed by atoms with E-state index in [1.54, 1.807) is 13.0 Å². The SMILES string of the molecule is CC1OC(OC2CCC3(C=O)C(CCC4C3C(O)CC3(C)C(C5=CC(=O)OC5)CCC43O)C2)C(O)C(O)C1O. The summed E-state index contributed by atoms with van der Waals surface area (Å²) < 4.78 is 16.9. The molecule has 10 heteroatoms. The highest BCUT2D eigenvalue weighted by molar-refractivity contribution is 5.85. The molecule has 10 nitrogen and oxygen atoms in total. The summed E-state index contributed by atoms with van der Waals surface area (Å²) in [4.78, 5) is 24.7. The largest absolute Gasteiger partial charge is 0.458 e. The first-order chi connectivity index (χ1) is 18.4. The summed E-state index contributed by atoms with van der Waals surface area (Å²) in [5, 5.41) is 54.6. The van der Waals surface area contributed by atoms with Crippen molar-refractivity contribution in [1.82, 2.24) is 0 Å². The van der Waals surface area contributed by atoms with E-state index in [2.05, 4.69) is 0 Å². The predicted molar refractivity (Wildman–Crippen MR) is 135 cm³/mol. The first-order valence-corrected chi connectivity index (χ1v) is 14.5. The second kappa shape index (κ2) is 9.58. The minimum absolute atomic E-state index is 0.0585. The van der Waals surface area contributed by atoms with Crippen LogP contribution < -0.4 is 0 Å². The Morgan fingerprint density at radius 3 is 2.51 bits per heavy atom. The van der Waals surface area contributed by atoms with Crippen molar-refractivity contribution in [2.75, 3.05) is 6.61 Å². The Balaban J connectivity index is 1.22. The lowest BCUT2D eigenvalue weighted by molar-refractivity contribution is -0.310. The molecule has 0 spiro atoms. The highest BCUT2D eigenvalue weighted by Gasteiger charge is 2.71. The van der Waals surface area contributed by atoms with Gasteiger partial charge in [0.05, 0.1) is 23.9 Å². The predicted octanol–water partition coefficient (Wildman–Crippen LogP) is 0.606. The minimum atomic E-state index is -1.39. The van der Waals surface area contributed by atoms with Crippen LogP contribution in [0, 0.1) is 34.5 Å². The van der Waals surface area contributed by atoms with E-state index in [1.165, 1.54) is 0 Å². The maximum Gasteiger partial charge on any atom is 0.331 e. The fourth-order valence-corrected chi connectivity index (χ4v) is 9.81. The zero-order valence-corrected chi connectivity index (χ0v) is 22.6. The van der Waals surface area contributed by atoms with Gasteiger partial charge in [-0.3, -0.25) is 0 Å². The van der Waals surface area contributed by atoms with Crippen LogP contribution in [0.5, 0.6) is 0 Å². The number of fused-ring (bicyclic) bond motifs is 5. The van der Waals surface area contributed by atoms with Crippen molar-refractivity contribution in [2.24, 2.45) is 34.5 Å². The van der Waals surface area contributed by atoms with Gasteiger partial charge in [0.25, 0.3) is 0 Å². The molecule has 0 aromatic rings. The second-order valence-electron chi connectivity index (χ2n) is 13.4. The highest BCUT2D eigenvalue weighted by atomic mass is 16.7. The fourth-order valence-electron chi connectivity index (χ4n) is 9.81. The molecule has 14 unspecified atom stereocenters. The minimum Gasteiger partial charge on any atom is -0.458 e. The van der Waals surface area contributed by atoms with Gasteiger partial charge in [0.15, 0.2) is 6.29 Å². The Morgan fingerprint density at radius 1 is 1.05 bits per heavy atom. The molecule has 0 amide bonds. The highest BCUT2D eigenvalue weighted by Crippen LogP contribution is 2.69. The molecule has 5 N–H and O–H groups in total. The van der Waals surface area contributed by atoms with E-state index in [0.29, 0.717) is 51.4 Å². The standard InChI is InChI=1S/C29H42O10/c1-14-23(33)24(34)25(35)26(38-14)39-17-5-7-28(13-30)16(10-17)3-4-19-22(28)20(31)11-27(2)18(6-8-29(19,27)36)15-9-21(32)37-12-15/h9,13-14,16-20,22-26,31,33-36H,3-8,10-12H2,1-2H3. The van der Waals surface area contributed by atoms with Gasteiger partial charge in [0, 0.05) is 22.8 Å². The van der Waals surface area contributed by atoms with Crippen LogP contribution in [-0.4, -0.2) is 92.9 Å². The Morgan fingerprint density at radius 2 is 1.82 bits per heavy atom. The number of hydrogen-bond donors (Lipinski definition) is 5. The van der Waals surface area contributed by atoms with Crippen molar-refractivity contribution in [3.63, 3.8) is 0 Å². The monoisotopic (exact) mass is 550 g/mol. The molecule has 0 bridgehead atoms. The molecule has 2 heterocycles. The Kier molecular flexibility index (Phi) is 6.81. The zero-order chi connectivity index (χ0) is 27.9. The first-order valence-electron chi connectivity index (χ1n) is 14.5. The fraction of sp³-hybridized carbons (Fsp3) is 0.862. The molecule has 218 valence electrons. The Labute approximate surface area is 228 Å². The second-order valence-corrected chi connectivity index (χ2v) is 13.4. The number of carbonyl (C=O) groups excluding carboxylic acids is 2. The molecule has 39 heavy (non-hydrogen) atoms. The van der Waals surface area contributed by atoms with Gasteiger partial charge >= 0.3 is 5.97 Å². The van der Waals surface area contributed by atoms with Crippen molar-refractivity contribution >= 4 is 12.3 Å². The number of esters is 1. The summed E-state index contributed by atoms with van der Waals surface area (Å²) in [5.74, 6) is -1.10. The molecule has 0 radical (unpaired) electrons. The topological polar surface area (TPSA) is 163 Å². The van der Waals surface area contributed by atoms with Crippen LogP contribution in [0.25, 0.3) is 0 Å². The molecule has 6 rings (SSSR count). The van der Waals surface area contributed by atoms with Crippen molar-refractivity contribution in [3.05, 3.63) is 11.6 Å². The number of carbonyl (C=O) groups is 2. The van der Waals surface area contributed by atoms with Crippen LogP contribution in [0.3, 0.4) is 0 Å². The molecule has 5 fully saturated rings. The van der Waals surface area contributed by atoms with Gasteiger partial charge in [-0.15, -0.1) is 0 Å². The summed E-state index contributed by atoms with van der Waals surface area (Å²) in [5.41, 5.74) is -1.59. The molecule has 4 saturated carbocycles. The third-order valence-corrected chi connectivity index (χ3v) is 11.8. The number of rotatable bonds is 4. The number of hydrogen-bond acceptors (Lipinski definition) is 10. The van der Waals surface area contributed by atoms with Gasteiger partial charge in [-0.1, -0.05) is 6.92 Å². The Bertz CT molecular complexity index is 1030. The molecule has 1 saturated heterocycles. The maximum atomic E-state index is 13.0. The van der Waals surface area contributed by atoms with Crippen LogP contribution >= 0.6 is 0 Å². The summed E-state index contributed by atoms with van der Waals surface area (Å²) in [6.07, 6.45) is 0.248. The van der Waals surface area contributed by atoms with Crippen molar-refractivity contribution < 1.29 is 49.3 Å². The molecule has 2 aliphatic heterocycles. The lowest BCUT2D eigenvalue weighted by Gasteiger charge is -2.64. The van der Waals surface area contributed by atoms with Crippen molar-refractivity contribution in [3.8, 4) is 0 Å². The lowest BCUT2D eigenvalue weighted by Crippen LogP contribution is -2.67. The first kappa shape index (κ1) is 27.8. The number of cyclic esters (lactones) is 1. The third kappa shape index (κ3) is 3.93.